The summed E-state index contributed by atoms with van der Waals surface area (Å²) in [6.45, 7) is 6.05. The lowest BCUT2D eigenvalue weighted by Crippen LogP contribution is -2.21. The molecule has 1 aromatic heterocycles. The normalized spacial score (nSPS) is 10.8. The van der Waals surface area contributed by atoms with Crippen LogP contribution in [-0.2, 0) is 0 Å². The molecule has 0 aliphatic rings. The highest BCUT2D eigenvalue weighted by atomic mass is 32.1. The van der Waals surface area contributed by atoms with Crippen LogP contribution in [0.5, 0.6) is 0 Å². The van der Waals surface area contributed by atoms with E-state index in [1.165, 1.54) is 0 Å². The predicted octanol–water partition coefficient (Wildman–Crippen LogP) is 2.93. The zero-order valence-corrected chi connectivity index (χ0v) is 10.8. The van der Waals surface area contributed by atoms with E-state index in [9.17, 15) is 4.79 Å². The number of rotatable bonds is 3. The fourth-order valence-electron chi connectivity index (χ4n) is 1.87. The summed E-state index contributed by atoms with van der Waals surface area (Å²) in [6, 6.07) is 7.61. The summed E-state index contributed by atoms with van der Waals surface area (Å²) in [4.78, 5) is 13.9. The van der Waals surface area contributed by atoms with E-state index in [1.807, 2.05) is 18.2 Å². The molecular weight excluding hydrogens is 234 g/mol. The maximum atomic E-state index is 11.4. The molecule has 17 heavy (non-hydrogen) atoms. The molecule has 1 heterocycles. The summed E-state index contributed by atoms with van der Waals surface area (Å²) in [5, 5.41) is 0.894. The molecule has 0 bridgehead atoms. The Balaban J connectivity index is 2.57. The van der Waals surface area contributed by atoms with Gasteiger partial charge in [-0.25, -0.2) is 4.79 Å². The molecule has 0 amide bonds. The molecule has 90 valence electrons. The number of benzene rings is 1. The van der Waals surface area contributed by atoms with Crippen LogP contribution in [0.3, 0.4) is 0 Å². The van der Waals surface area contributed by atoms with Crippen LogP contribution >= 0.6 is 12.6 Å². The van der Waals surface area contributed by atoms with E-state index >= 15 is 0 Å². The highest BCUT2D eigenvalue weighted by Gasteiger charge is 2.06. The van der Waals surface area contributed by atoms with E-state index < -0.39 is 5.63 Å². The molecule has 0 saturated heterocycles. The van der Waals surface area contributed by atoms with E-state index in [1.54, 1.807) is 6.07 Å². The maximum Gasteiger partial charge on any atom is 0.349 e. The highest BCUT2D eigenvalue weighted by Crippen LogP contribution is 2.22. The van der Waals surface area contributed by atoms with Gasteiger partial charge >= 0.3 is 5.63 Å². The van der Waals surface area contributed by atoms with Crippen LogP contribution in [-0.4, -0.2) is 13.1 Å². The zero-order chi connectivity index (χ0) is 12.4. The van der Waals surface area contributed by atoms with Crippen molar-refractivity contribution in [3.63, 3.8) is 0 Å². The van der Waals surface area contributed by atoms with Crippen molar-refractivity contribution in [2.45, 2.75) is 18.7 Å². The average Bonchev–Trinajstić information content (AvgIpc) is 2.32. The SMILES string of the molecule is CCN(CC)c1ccc2cc(S)c(=O)oc2c1. The molecule has 2 aromatic rings. The molecule has 2 rings (SSSR count). The fraction of sp³-hybridized carbons (Fsp3) is 0.308. The first-order chi connectivity index (χ1) is 8.15. The second kappa shape index (κ2) is 4.84. The standard InChI is InChI=1S/C13H15NO2S/c1-3-14(4-2)10-6-5-9-7-12(17)13(15)16-11(9)8-10/h5-8,17H,3-4H2,1-2H3. The van der Waals surface area contributed by atoms with Gasteiger partial charge in [-0.05, 0) is 32.0 Å². The number of anilines is 1. The molecule has 0 atom stereocenters. The van der Waals surface area contributed by atoms with E-state index in [4.69, 9.17) is 4.42 Å². The van der Waals surface area contributed by atoms with Gasteiger partial charge in [-0.3, -0.25) is 0 Å². The molecule has 3 nitrogen and oxygen atoms in total. The summed E-state index contributed by atoms with van der Waals surface area (Å²) in [7, 11) is 0. The lowest BCUT2D eigenvalue weighted by atomic mass is 10.2. The maximum absolute atomic E-state index is 11.4. The Kier molecular flexibility index (Phi) is 3.43. The first-order valence-electron chi connectivity index (χ1n) is 5.67. The van der Waals surface area contributed by atoms with Gasteiger partial charge in [0.1, 0.15) is 5.58 Å². The molecule has 0 aliphatic heterocycles. The number of hydrogen-bond acceptors (Lipinski definition) is 4. The lowest BCUT2D eigenvalue weighted by Gasteiger charge is -2.20. The van der Waals surface area contributed by atoms with Crippen LogP contribution in [0.15, 0.2) is 38.4 Å². The topological polar surface area (TPSA) is 33.5 Å². The Labute approximate surface area is 105 Å². The van der Waals surface area contributed by atoms with Crippen LogP contribution < -0.4 is 10.5 Å². The lowest BCUT2D eigenvalue weighted by molar-refractivity contribution is 0.544. The van der Waals surface area contributed by atoms with Crippen molar-refractivity contribution >= 4 is 29.3 Å². The van der Waals surface area contributed by atoms with E-state index in [0.717, 1.165) is 24.2 Å². The first-order valence-corrected chi connectivity index (χ1v) is 6.12. The number of fused-ring (bicyclic) bond motifs is 1. The van der Waals surface area contributed by atoms with Crippen LogP contribution in [0.4, 0.5) is 5.69 Å². The summed E-state index contributed by atoms with van der Waals surface area (Å²) in [6.07, 6.45) is 0. The molecule has 0 spiro atoms. The first kappa shape index (κ1) is 12.0. The quantitative estimate of drug-likeness (QED) is 0.670. The smallest absolute Gasteiger partial charge is 0.349 e. The third-order valence-electron chi connectivity index (χ3n) is 2.83. The largest absolute Gasteiger partial charge is 0.422 e. The van der Waals surface area contributed by atoms with Crippen LogP contribution in [0.2, 0.25) is 0 Å². The second-order valence-electron chi connectivity index (χ2n) is 3.81. The molecule has 0 radical (unpaired) electrons. The molecular formula is C13H15NO2S. The molecule has 0 fully saturated rings. The second-order valence-corrected chi connectivity index (χ2v) is 4.30. The van der Waals surface area contributed by atoms with Gasteiger partial charge in [0, 0.05) is 30.2 Å². The van der Waals surface area contributed by atoms with Gasteiger partial charge in [-0.15, -0.1) is 12.6 Å². The van der Waals surface area contributed by atoms with E-state index in [2.05, 4.69) is 31.4 Å². The van der Waals surface area contributed by atoms with Crippen molar-refractivity contribution in [1.29, 1.82) is 0 Å². The molecule has 0 aliphatic carbocycles. The minimum absolute atomic E-state index is 0.341. The predicted molar refractivity (Wildman–Crippen MR) is 73.3 cm³/mol. The minimum atomic E-state index is -0.391. The van der Waals surface area contributed by atoms with Crippen molar-refractivity contribution in [2.75, 3.05) is 18.0 Å². The number of thiol groups is 1. The summed E-state index contributed by atoms with van der Waals surface area (Å²) in [5.74, 6) is 0. The van der Waals surface area contributed by atoms with Gasteiger partial charge < -0.3 is 9.32 Å². The van der Waals surface area contributed by atoms with E-state index in [-0.39, 0.29) is 0 Å². The van der Waals surface area contributed by atoms with Crippen LogP contribution in [0.25, 0.3) is 11.0 Å². The van der Waals surface area contributed by atoms with Gasteiger partial charge in [0.2, 0.25) is 0 Å². The summed E-state index contributed by atoms with van der Waals surface area (Å²) < 4.78 is 5.21. The van der Waals surface area contributed by atoms with Gasteiger partial charge in [-0.1, -0.05) is 0 Å². The Bertz CT molecular complexity index is 587. The molecule has 4 heteroatoms. The third kappa shape index (κ3) is 2.31. The average molecular weight is 249 g/mol. The number of nitrogens with zero attached hydrogens (tertiary/aromatic N) is 1. The molecule has 1 aromatic carbocycles. The minimum Gasteiger partial charge on any atom is -0.422 e. The zero-order valence-electron chi connectivity index (χ0n) is 9.93. The van der Waals surface area contributed by atoms with Gasteiger partial charge in [0.15, 0.2) is 0 Å². The van der Waals surface area contributed by atoms with Crippen LogP contribution in [0.1, 0.15) is 13.8 Å². The summed E-state index contributed by atoms with van der Waals surface area (Å²) >= 11 is 4.06. The van der Waals surface area contributed by atoms with Crippen molar-refractivity contribution in [3.8, 4) is 0 Å². The van der Waals surface area contributed by atoms with Gasteiger partial charge in [0.05, 0.1) is 4.90 Å². The van der Waals surface area contributed by atoms with Crippen molar-refractivity contribution in [3.05, 3.63) is 34.7 Å². The summed E-state index contributed by atoms with van der Waals surface area (Å²) in [5.41, 5.74) is 1.28. The number of hydrogen-bond donors (Lipinski definition) is 1. The van der Waals surface area contributed by atoms with Crippen molar-refractivity contribution in [2.24, 2.45) is 0 Å². The van der Waals surface area contributed by atoms with Crippen molar-refractivity contribution < 1.29 is 4.42 Å². The molecule has 0 unspecified atom stereocenters. The Morgan fingerprint density at radius 3 is 2.59 bits per heavy atom. The Hall–Kier alpha value is -1.42. The third-order valence-corrected chi connectivity index (χ3v) is 3.14. The Morgan fingerprint density at radius 1 is 1.24 bits per heavy atom. The van der Waals surface area contributed by atoms with E-state index in [0.29, 0.717) is 10.5 Å². The fourth-order valence-corrected chi connectivity index (χ4v) is 2.06. The van der Waals surface area contributed by atoms with Gasteiger partial charge in [-0.2, -0.15) is 0 Å². The Morgan fingerprint density at radius 2 is 1.94 bits per heavy atom. The monoisotopic (exact) mass is 249 g/mol. The molecule has 0 N–H and O–H groups in total. The van der Waals surface area contributed by atoms with Crippen LogP contribution in [0, 0.1) is 0 Å². The van der Waals surface area contributed by atoms with Crippen molar-refractivity contribution in [1.82, 2.24) is 0 Å². The van der Waals surface area contributed by atoms with Gasteiger partial charge in [0.25, 0.3) is 0 Å². The highest BCUT2D eigenvalue weighted by molar-refractivity contribution is 7.80. The molecule has 0 saturated carbocycles.